The van der Waals surface area contributed by atoms with Gasteiger partial charge in [-0.25, -0.2) is 0 Å². The molecule has 2 heterocycles. The molecule has 1 atom stereocenters. The fourth-order valence-corrected chi connectivity index (χ4v) is 3.09. The number of aromatic nitrogens is 1. The summed E-state index contributed by atoms with van der Waals surface area (Å²) in [7, 11) is 0. The summed E-state index contributed by atoms with van der Waals surface area (Å²) in [5.41, 5.74) is 3.57. The van der Waals surface area contributed by atoms with Gasteiger partial charge < -0.3 is 14.6 Å². The van der Waals surface area contributed by atoms with Crippen molar-refractivity contribution in [2.45, 2.75) is 26.0 Å². The van der Waals surface area contributed by atoms with Crippen molar-refractivity contribution in [3.63, 3.8) is 0 Å². The molecule has 27 heavy (non-hydrogen) atoms. The Labute approximate surface area is 156 Å². The van der Waals surface area contributed by atoms with Gasteiger partial charge in [0.15, 0.2) is 5.76 Å². The van der Waals surface area contributed by atoms with Crippen LogP contribution in [0.15, 0.2) is 53.1 Å². The minimum Gasteiger partial charge on any atom is -0.490 e. The van der Waals surface area contributed by atoms with Crippen LogP contribution in [0, 0.1) is 11.3 Å². The molecule has 0 aliphatic carbocycles. The average molecular weight is 359 g/mol. The number of ether oxygens (including phenoxy) is 1. The summed E-state index contributed by atoms with van der Waals surface area (Å²) in [4.78, 5) is 12.2. The Hall–Kier alpha value is -3.59. The number of benzene rings is 2. The Morgan fingerprint density at radius 3 is 3.04 bits per heavy atom. The zero-order valence-electron chi connectivity index (χ0n) is 14.7. The Morgan fingerprint density at radius 2 is 2.19 bits per heavy atom. The summed E-state index contributed by atoms with van der Waals surface area (Å²) < 4.78 is 11.2. The number of hydrogen-bond donors (Lipinski definition) is 1. The predicted molar refractivity (Wildman–Crippen MR) is 98.1 cm³/mol. The minimum atomic E-state index is -0.267. The maximum atomic E-state index is 12.2. The van der Waals surface area contributed by atoms with Crippen LogP contribution in [0.5, 0.6) is 5.75 Å². The first kappa shape index (κ1) is 16.9. The number of carbonyl (C=O) groups excluding carboxylic acids is 1. The van der Waals surface area contributed by atoms with Gasteiger partial charge in [0.25, 0.3) is 5.91 Å². The van der Waals surface area contributed by atoms with E-state index in [-0.39, 0.29) is 18.6 Å². The topological polar surface area (TPSA) is 88.2 Å². The Kier molecular flexibility index (Phi) is 4.35. The van der Waals surface area contributed by atoms with Crippen molar-refractivity contribution in [3.05, 3.63) is 70.9 Å². The second-order valence-electron chi connectivity index (χ2n) is 6.51. The maximum absolute atomic E-state index is 12.2. The van der Waals surface area contributed by atoms with E-state index >= 15 is 0 Å². The van der Waals surface area contributed by atoms with Gasteiger partial charge in [-0.15, -0.1) is 0 Å². The van der Waals surface area contributed by atoms with Crippen LogP contribution in [0.4, 0.5) is 0 Å². The molecule has 6 nitrogen and oxygen atoms in total. The summed E-state index contributed by atoms with van der Waals surface area (Å²) in [5, 5.41) is 15.7. The van der Waals surface area contributed by atoms with Crippen LogP contribution >= 0.6 is 0 Å². The third-order valence-corrected chi connectivity index (χ3v) is 4.43. The van der Waals surface area contributed by atoms with Crippen molar-refractivity contribution in [2.24, 2.45) is 0 Å². The molecule has 0 spiro atoms. The lowest BCUT2D eigenvalue weighted by molar-refractivity contribution is 0.0950. The molecular formula is C21H17N3O3. The van der Waals surface area contributed by atoms with Gasteiger partial charge in [0.05, 0.1) is 18.2 Å². The molecule has 1 aromatic heterocycles. The van der Waals surface area contributed by atoms with Crippen molar-refractivity contribution in [1.82, 2.24) is 10.5 Å². The van der Waals surface area contributed by atoms with E-state index in [4.69, 9.17) is 14.5 Å². The monoisotopic (exact) mass is 359 g/mol. The number of carbonyl (C=O) groups is 1. The molecule has 0 radical (unpaired) electrons. The minimum absolute atomic E-state index is 0.190. The maximum Gasteiger partial charge on any atom is 0.251 e. The highest BCUT2D eigenvalue weighted by Crippen LogP contribution is 2.33. The Morgan fingerprint density at radius 1 is 1.30 bits per heavy atom. The smallest absolute Gasteiger partial charge is 0.251 e. The van der Waals surface area contributed by atoms with Crippen molar-refractivity contribution in [1.29, 1.82) is 5.26 Å². The zero-order valence-corrected chi connectivity index (χ0v) is 14.7. The molecule has 2 aromatic carbocycles. The van der Waals surface area contributed by atoms with Crippen LogP contribution in [0.25, 0.3) is 11.3 Å². The van der Waals surface area contributed by atoms with Crippen LogP contribution in [0.3, 0.4) is 0 Å². The van der Waals surface area contributed by atoms with Gasteiger partial charge >= 0.3 is 0 Å². The van der Waals surface area contributed by atoms with Crippen molar-refractivity contribution in [3.8, 4) is 23.1 Å². The molecule has 1 aliphatic heterocycles. The molecule has 0 saturated heterocycles. The fourth-order valence-electron chi connectivity index (χ4n) is 3.09. The first-order chi connectivity index (χ1) is 13.1. The number of fused-ring (bicyclic) bond motifs is 1. The first-order valence-electron chi connectivity index (χ1n) is 8.66. The highest BCUT2D eigenvalue weighted by atomic mass is 16.5. The van der Waals surface area contributed by atoms with E-state index < -0.39 is 0 Å². The van der Waals surface area contributed by atoms with Crippen molar-refractivity contribution >= 4 is 5.91 Å². The van der Waals surface area contributed by atoms with Gasteiger partial charge in [-0.3, -0.25) is 4.79 Å². The molecule has 1 amide bonds. The average Bonchev–Trinajstić information content (AvgIpc) is 3.31. The van der Waals surface area contributed by atoms with E-state index in [1.165, 1.54) is 5.56 Å². The number of amides is 1. The normalized spacial score (nSPS) is 14.9. The molecule has 0 fully saturated rings. The van der Waals surface area contributed by atoms with Gasteiger partial charge in [-0.05, 0) is 36.8 Å². The number of nitrogens with zero attached hydrogens (tertiary/aromatic N) is 2. The van der Waals surface area contributed by atoms with Crippen LogP contribution in [0.2, 0.25) is 0 Å². The largest absolute Gasteiger partial charge is 0.490 e. The van der Waals surface area contributed by atoms with Gasteiger partial charge in [-0.1, -0.05) is 23.4 Å². The summed E-state index contributed by atoms with van der Waals surface area (Å²) in [5.74, 6) is 1.23. The van der Waals surface area contributed by atoms with Crippen molar-refractivity contribution in [2.75, 3.05) is 0 Å². The lowest BCUT2D eigenvalue weighted by Crippen LogP contribution is -2.22. The summed E-state index contributed by atoms with van der Waals surface area (Å²) >= 11 is 0. The fraction of sp³-hybridized carbons (Fsp3) is 0.190. The molecule has 1 aliphatic rings. The zero-order chi connectivity index (χ0) is 18.8. The molecule has 4 rings (SSSR count). The van der Waals surface area contributed by atoms with Crippen LogP contribution in [0.1, 0.15) is 34.1 Å². The number of nitrogens with one attached hydrogen (secondary N) is 1. The lowest BCUT2D eigenvalue weighted by atomic mass is 10.1. The molecule has 0 saturated carbocycles. The van der Waals surface area contributed by atoms with E-state index in [0.717, 1.165) is 17.7 Å². The first-order valence-corrected chi connectivity index (χ1v) is 8.66. The molecular weight excluding hydrogens is 342 g/mol. The van der Waals surface area contributed by atoms with E-state index in [1.807, 2.05) is 31.2 Å². The number of hydrogen-bond acceptors (Lipinski definition) is 5. The molecule has 1 N–H and O–H groups in total. The molecule has 3 aromatic rings. The predicted octanol–water partition coefficient (Wildman–Crippen LogP) is 3.47. The van der Waals surface area contributed by atoms with Crippen LogP contribution in [-0.4, -0.2) is 17.2 Å². The lowest BCUT2D eigenvalue weighted by Gasteiger charge is -2.03. The second kappa shape index (κ2) is 6.96. The number of rotatable bonds is 4. The van der Waals surface area contributed by atoms with Crippen LogP contribution in [-0.2, 0) is 13.0 Å². The van der Waals surface area contributed by atoms with Gasteiger partial charge in [-0.2, -0.15) is 5.26 Å². The van der Waals surface area contributed by atoms with E-state index in [0.29, 0.717) is 22.6 Å². The SMILES string of the molecule is CC1Cc2ccc(-c3cc(CNC(=O)c4cccc(C#N)c4)no3)cc2O1. The quantitative estimate of drug-likeness (QED) is 0.771. The Bertz CT molecular complexity index is 1050. The third-order valence-electron chi connectivity index (χ3n) is 4.43. The molecule has 6 heteroatoms. The molecule has 134 valence electrons. The third kappa shape index (κ3) is 3.53. The van der Waals surface area contributed by atoms with E-state index in [2.05, 4.69) is 10.5 Å². The summed E-state index contributed by atoms with van der Waals surface area (Å²) in [6.45, 7) is 2.28. The highest BCUT2D eigenvalue weighted by molar-refractivity contribution is 5.94. The van der Waals surface area contributed by atoms with Gasteiger partial charge in [0.1, 0.15) is 17.5 Å². The molecule has 0 bridgehead atoms. The van der Waals surface area contributed by atoms with Gasteiger partial charge in [0.2, 0.25) is 0 Å². The van der Waals surface area contributed by atoms with Crippen molar-refractivity contribution < 1.29 is 14.1 Å². The standard InChI is InChI=1S/C21H17N3O3/c1-13-7-15-5-6-16(9-19(15)26-13)20-10-18(24-27-20)12-23-21(25)17-4-2-3-14(8-17)11-22/h2-6,8-10,13H,7,12H2,1H3,(H,23,25). The second-order valence-corrected chi connectivity index (χ2v) is 6.51. The summed E-state index contributed by atoms with van der Waals surface area (Å²) in [6.07, 6.45) is 1.10. The van der Waals surface area contributed by atoms with Gasteiger partial charge in [0, 0.05) is 23.6 Å². The molecule has 1 unspecified atom stereocenters. The van der Waals surface area contributed by atoms with Crippen LogP contribution < -0.4 is 10.1 Å². The van der Waals surface area contributed by atoms with E-state index in [9.17, 15) is 4.79 Å². The summed E-state index contributed by atoms with van der Waals surface area (Å²) in [6, 6.07) is 16.3. The Balaban J connectivity index is 1.43. The number of nitriles is 1. The van der Waals surface area contributed by atoms with E-state index in [1.54, 1.807) is 30.3 Å². The highest BCUT2D eigenvalue weighted by Gasteiger charge is 2.20.